The van der Waals surface area contributed by atoms with Crippen molar-refractivity contribution in [2.24, 2.45) is 0 Å². The van der Waals surface area contributed by atoms with E-state index < -0.39 is 0 Å². The number of rotatable bonds is 6. The highest BCUT2D eigenvalue weighted by atomic mass is 79.9. The normalized spacial score (nSPS) is 15.5. The lowest BCUT2D eigenvalue weighted by atomic mass is 10.1. The summed E-state index contributed by atoms with van der Waals surface area (Å²) in [6.07, 6.45) is 1.82. The van der Waals surface area contributed by atoms with E-state index in [4.69, 9.17) is 21.7 Å². The van der Waals surface area contributed by atoms with Crippen LogP contribution in [0.1, 0.15) is 18.1 Å². The van der Waals surface area contributed by atoms with Crippen LogP contribution in [0.25, 0.3) is 6.08 Å². The lowest BCUT2D eigenvalue weighted by Gasteiger charge is -2.15. The molecular formula is C20H18BrNO3S2. The van der Waals surface area contributed by atoms with Crippen LogP contribution in [-0.4, -0.2) is 28.8 Å². The van der Waals surface area contributed by atoms with Crippen molar-refractivity contribution in [3.8, 4) is 11.5 Å². The molecule has 4 nitrogen and oxygen atoms in total. The third-order valence-corrected chi connectivity index (χ3v) is 5.92. The van der Waals surface area contributed by atoms with Crippen molar-refractivity contribution in [3.05, 3.63) is 63.0 Å². The minimum Gasteiger partial charge on any atom is -0.490 e. The molecule has 27 heavy (non-hydrogen) atoms. The summed E-state index contributed by atoms with van der Waals surface area (Å²) in [7, 11) is 1.68. The molecule has 0 spiro atoms. The van der Waals surface area contributed by atoms with Crippen LogP contribution >= 0.6 is 39.9 Å². The third-order valence-electron chi connectivity index (χ3n) is 3.84. The van der Waals surface area contributed by atoms with Crippen LogP contribution < -0.4 is 9.47 Å². The monoisotopic (exact) mass is 463 g/mol. The molecule has 0 bridgehead atoms. The SMILES string of the molecule is CCOc1cc(C=C2SC(=S)N(C)C2=O)cc(Br)c1OCc1ccccc1. The van der Waals surface area contributed by atoms with Crippen molar-refractivity contribution in [2.75, 3.05) is 13.7 Å². The van der Waals surface area contributed by atoms with Gasteiger partial charge in [-0.1, -0.05) is 54.3 Å². The van der Waals surface area contributed by atoms with Gasteiger partial charge in [-0.25, -0.2) is 0 Å². The number of likely N-dealkylation sites (N-methyl/N-ethyl adjacent to an activating group) is 1. The van der Waals surface area contributed by atoms with Gasteiger partial charge in [0.2, 0.25) is 0 Å². The summed E-state index contributed by atoms with van der Waals surface area (Å²) in [4.78, 5) is 14.3. The first kappa shape index (κ1) is 19.9. The van der Waals surface area contributed by atoms with Crippen molar-refractivity contribution in [1.82, 2.24) is 4.90 Å². The van der Waals surface area contributed by atoms with Crippen LogP contribution in [-0.2, 0) is 11.4 Å². The van der Waals surface area contributed by atoms with Gasteiger partial charge in [0.05, 0.1) is 16.0 Å². The molecule has 1 saturated heterocycles. The molecule has 3 rings (SSSR count). The van der Waals surface area contributed by atoms with Gasteiger partial charge in [-0.2, -0.15) is 0 Å². The second kappa shape index (κ2) is 8.91. The number of nitrogens with zero attached hydrogens (tertiary/aromatic N) is 1. The van der Waals surface area contributed by atoms with Gasteiger partial charge in [-0.3, -0.25) is 9.69 Å². The number of hydrogen-bond donors (Lipinski definition) is 0. The molecule has 1 heterocycles. The van der Waals surface area contributed by atoms with Crippen LogP contribution in [0.4, 0.5) is 0 Å². The van der Waals surface area contributed by atoms with E-state index in [1.54, 1.807) is 7.05 Å². The summed E-state index contributed by atoms with van der Waals surface area (Å²) in [5.41, 5.74) is 1.91. The van der Waals surface area contributed by atoms with E-state index in [1.807, 2.05) is 55.5 Å². The minimum atomic E-state index is -0.0940. The predicted molar refractivity (Wildman–Crippen MR) is 117 cm³/mol. The molecule has 140 valence electrons. The highest BCUT2D eigenvalue weighted by Gasteiger charge is 2.28. The molecule has 2 aromatic carbocycles. The van der Waals surface area contributed by atoms with Gasteiger partial charge in [0.15, 0.2) is 11.5 Å². The van der Waals surface area contributed by atoms with Gasteiger partial charge in [0.25, 0.3) is 5.91 Å². The Hall–Kier alpha value is -1.83. The molecule has 1 aliphatic heterocycles. The van der Waals surface area contributed by atoms with Gasteiger partial charge in [0, 0.05) is 7.05 Å². The minimum absolute atomic E-state index is 0.0940. The van der Waals surface area contributed by atoms with Crippen LogP contribution in [0.2, 0.25) is 0 Å². The smallest absolute Gasteiger partial charge is 0.265 e. The summed E-state index contributed by atoms with van der Waals surface area (Å²) in [5, 5.41) is 0. The molecule has 0 N–H and O–H groups in total. The molecule has 2 aromatic rings. The Kier molecular flexibility index (Phi) is 6.57. The van der Waals surface area contributed by atoms with Crippen molar-refractivity contribution < 1.29 is 14.3 Å². The first-order valence-electron chi connectivity index (χ1n) is 8.34. The van der Waals surface area contributed by atoms with Gasteiger partial charge in [0.1, 0.15) is 10.9 Å². The summed E-state index contributed by atoms with van der Waals surface area (Å²) in [6, 6.07) is 13.7. The molecule has 0 aliphatic carbocycles. The van der Waals surface area contributed by atoms with E-state index in [2.05, 4.69) is 15.9 Å². The highest BCUT2D eigenvalue weighted by Crippen LogP contribution is 2.39. The molecule has 0 radical (unpaired) electrons. The fourth-order valence-electron chi connectivity index (χ4n) is 2.50. The van der Waals surface area contributed by atoms with Crippen molar-refractivity contribution in [1.29, 1.82) is 0 Å². The van der Waals surface area contributed by atoms with Crippen LogP contribution in [0.3, 0.4) is 0 Å². The fraction of sp³-hybridized carbons (Fsp3) is 0.200. The molecule has 7 heteroatoms. The summed E-state index contributed by atoms with van der Waals surface area (Å²) < 4.78 is 13.1. The molecule has 1 amide bonds. The molecule has 1 aliphatic rings. The van der Waals surface area contributed by atoms with Crippen LogP contribution in [0.5, 0.6) is 11.5 Å². The largest absolute Gasteiger partial charge is 0.490 e. The number of ether oxygens (including phenoxy) is 2. The Bertz CT molecular complexity index is 900. The summed E-state index contributed by atoms with van der Waals surface area (Å²) in [5.74, 6) is 1.17. The van der Waals surface area contributed by atoms with E-state index in [9.17, 15) is 4.79 Å². The Morgan fingerprint density at radius 3 is 2.59 bits per heavy atom. The zero-order valence-electron chi connectivity index (χ0n) is 14.9. The summed E-state index contributed by atoms with van der Waals surface area (Å²) >= 11 is 10.0. The average Bonchev–Trinajstić information content (AvgIpc) is 2.89. The Morgan fingerprint density at radius 2 is 1.96 bits per heavy atom. The summed E-state index contributed by atoms with van der Waals surface area (Å²) in [6.45, 7) is 2.87. The predicted octanol–water partition coefficient (Wildman–Crippen LogP) is 5.26. The van der Waals surface area contributed by atoms with Gasteiger partial charge < -0.3 is 9.47 Å². The van der Waals surface area contributed by atoms with Crippen molar-refractivity contribution in [3.63, 3.8) is 0 Å². The van der Waals surface area contributed by atoms with Gasteiger partial charge >= 0.3 is 0 Å². The number of thioether (sulfide) groups is 1. The third kappa shape index (κ3) is 4.72. The van der Waals surface area contributed by atoms with E-state index >= 15 is 0 Å². The Labute approximate surface area is 176 Å². The second-order valence-corrected chi connectivity index (χ2v) is 8.31. The molecule has 0 unspecified atom stereocenters. The highest BCUT2D eigenvalue weighted by molar-refractivity contribution is 9.10. The number of carbonyl (C=O) groups is 1. The quantitative estimate of drug-likeness (QED) is 0.431. The average molecular weight is 464 g/mol. The number of carbonyl (C=O) groups excluding carboxylic acids is 1. The number of thiocarbonyl (C=S) groups is 1. The number of hydrogen-bond acceptors (Lipinski definition) is 5. The number of amides is 1. The maximum absolute atomic E-state index is 12.2. The van der Waals surface area contributed by atoms with E-state index in [1.165, 1.54) is 16.7 Å². The Morgan fingerprint density at radius 1 is 1.22 bits per heavy atom. The first-order chi connectivity index (χ1) is 13.0. The zero-order chi connectivity index (χ0) is 19.4. The molecule has 0 aromatic heterocycles. The van der Waals surface area contributed by atoms with Crippen molar-refractivity contribution >= 4 is 56.2 Å². The topological polar surface area (TPSA) is 38.8 Å². The molecule has 0 atom stereocenters. The second-order valence-electron chi connectivity index (χ2n) is 5.78. The van der Waals surface area contributed by atoms with E-state index in [0.29, 0.717) is 33.9 Å². The standard InChI is InChI=1S/C20H18BrNO3S2/c1-3-24-16-10-14(11-17-19(23)22(2)20(26)27-17)9-15(21)18(16)25-12-13-7-5-4-6-8-13/h4-11H,3,12H2,1-2H3. The maximum atomic E-state index is 12.2. The first-order valence-corrected chi connectivity index (χ1v) is 10.4. The zero-order valence-corrected chi connectivity index (χ0v) is 18.1. The van der Waals surface area contributed by atoms with Crippen LogP contribution in [0, 0.1) is 0 Å². The van der Waals surface area contributed by atoms with E-state index in [-0.39, 0.29) is 5.91 Å². The lowest BCUT2D eigenvalue weighted by molar-refractivity contribution is -0.121. The lowest BCUT2D eigenvalue weighted by Crippen LogP contribution is -2.22. The number of halogens is 1. The maximum Gasteiger partial charge on any atom is 0.265 e. The van der Waals surface area contributed by atoms with E-state index in [0.717, 1.165) is 15.6 Å². The van der Waals surface area contributed by atoms with Crippen LogP contribution in [0.15, 0.2) is 51.8 Å². The molecule has 1 fully saturated rings. The van der Waals surface area contributed by atoms with Crippen molar-refractivity contribution in [2.45, 2.75) is 13.5 Å². The molecule has 0 saturated carbocycles. The fourth-order valence-corrected chi connectivity index (χ4v) is 4.25. The Balaban J connectivity index is 1.88. The van der Waals surface area contributed by atoms with Gasteiger partial charge in [-0.15, -0.1) is 0 Å². The molecular weight excluding hydrogens is 446 g/mol. The van der Waals surface area contributed by atoms with Gasteiger partial charge in [-0.05, 0) is 52.2 Å². The number of benzene rings is 2.